The third-order valence-corrected chi connectivity index (χ3v) is 4.08. The third-order valence-electron chi connectivity index (χ3n) is 3.55. The summed E-state index contributed by atoms with van der Waals surface area (Å²) in [4.78, 5) is 11.9. The molecule has 0 radical (unpaired) electrons. The highest BCUT2D eigenvalue weighted by Crippen LogP contribution is 2.32. The van der Waals surface area contributed by atoms with Gasteiger partial charge in [-0.3, -0.25) is 4.79 Å². The van der Waals surface area contributed by atoms with E-state index in [0.717, 1.165) is 27.1 Å². The predicted molar refractivity (Wildman–Crippen MR) is 101 cm³/mol. The van der Waals surface area contributed by atoms with Crippen molar-refractivity contribution in [1.82, 2.24) is 5.43 Å². The van der Waals surface area contributed by atoms with Crippen molar-refractivity contribution in [3.63, 3.8) is 0 Å². The van der Waals surface area contributed by atoms with Gasteiger partial charge in [-0.25, -0.2) is 5.43 Å². The Bertz CT molecular complexity index is 829. The average molecular weight is 401 g/mol. The Balaban J connectivity index is 1.54. The van der Waals surface area contributed by atoms with E-state index < -0.39 is 0 Å². The number of rotatable bonds is 5. The lowest BCUT2D eigenvalue weighted by molar-refractivity contribution is -0.120. The van der Waals surface area contributed by atoms with Crippen LogP contribution in [0.2, 0.25) is 0 Å². The van der Waals surface area contributed by atoms with Crippen molar-refractivity contribution >= 4 is 33.6 Å². The van der Waals surface area contributed by atoms with Gasteiger partial charge in [0.15, 0.2) is 11.5 Å². The molecule has 5 nitrogen and oxygen atoms in total. The highest BCUT2D eigenvalue weighted by atomic mass is 79.9. The van der Waals surface area contributed by atoms with Crippen molar-refractivity contribution in [3.8, 4) is 11.5 Å². The maximum Gasteiger partial charge on any atom is 0.244 e. The molecule has 0 fully saturated rings. The van der Waals surface area contributed by atoms with Crippen LogP contribution in [0, 0.1) is 0 Å². The third kappa shape index (κ3) is 4.93. The van der Waals surface area contributed by atoms with Gasteiger partial charge in [-0.05, 0) is 48.4 Å². The molecule has 0 atom stereocenters. The van der Waals surface area contributed by atoms with Crippen molar-refractivity contribution in [1.29, 1.82) is 0 Å². The van der Waals surface area contributed by atoms with E-state index in [0.29, 0.717) is 5.71 Å². The topological polar surface area (TPSA) is 59.9 Å². The first-order valence-corrected chi connectivity index (χ1v) is 8.55. The summed E-state index contributed by atoms with van der Waals surface area (Å²) in [6, 6.07) is 13.3. The van der Waals surface area contributed by atoms with Crippen LogP contribution in [0.1, 0.15) is 18.1 Å². The van der Waals surface area contributed by atoms with Crippen LogP contribution in [-0.2, 0) is 11.2 Å². The summed E-state index contributed by atoms with van der Waals surface area (Å²) in [7, 11) is 0. The average Bonchev–Trinajstić information content (AvgIpc) is 3.08. The normalized spacial score (nSPS) is 13.3. The molecule has 0 bridgehead atoms. The molecule has 6 heteroatoms. The van der Waals surface area contributed by atoms with Crippen LogP contribution in [0.3, 0.4) is 0 Å². The molecular weight excluding hydrogens is 384 g/mol. The van der Waals surface area contributed by atoms with Gasteiger partial charge < -0.3 is 9.47 Å². The molecule has 1 amide bonds. The monoisotopic (exact) mass is 400 g/mol. The number of amides is 1. The standard InChI is InChI=1S/C19H17BrN2O3/c1-13(2-3-14-6-9-17-18(10-14)25-12-24-17)21-22-19(23)11-15-4-7-16(20)8-5-15/h2-10H,11-12H2,1H3,(H,22,23)/b3-2+,21-13+. The first-order valence-electron chi connectivity index (χ1n) is 7.75. The van der Waals surface area contributed by atoms with Gasteiger partial charge in [0.1, 0.15) is 0 Å². The second-order valence-electron chi connectivity index (χ2n) is 5.54. The van der Waals surface area contributed by atoms with Gasteiger partial charge in [0.25, 0.3) is 0 Å². The number of allylic oxidation sites excluding steroid dienone is 1. The van der Waals surface area contributed by atoms with Gasteiger partial charge in [0.05, 0.1) is 12.1 Å². The first-order chi connectivity index (χ1) is 12.1. The molecular formula is C19H17BrN2O3. The van der Waals surface area contributed by atoms with E-state index in [1.807, 2.05) is 61.5 Å². The van der Waals surface area contributed by atoms with E-state index in [9.17, 15) is 4.79 Å². The zero-order valence-corrected chi connectivity index (χ0v) is 15.2. The molecule has 0 aliphatic carbocycles. The van der Waals surface area contributed by atoms with Crippen LogP contribution < -0.4 is 14.9 Å². The molecule has 0 spiro atoms. The van der Waals surface area contributed by atoms with E-state index in [2.05, 4.69) is 26.5 Å². The fraction of sp³-hybridized carbons (Fsp3) is 0.158. The summed E-state index contributed by atoms with van der Waals surface area (Å²) in [6.45, 7) is 2.08. The van der Waals surface area contributed by atoms with Crippen LogP contribution in [0.5, 0.6) is 11.5 Å². The Kier molecular flexibility index (Phi) is 5.50. The lowest BCUT2D eigenvalue weighted by Crippen LogP contribution is -2.20. The quantitative estimate of drug-likeness (QED) is 0.610. The first kappa shape index (κ1) is 17.2. The fourth-order valence-electron chi connectivity index (χ4n) is 2.25. The van der Waals surface area contributed by atoms with Gasteiger partial charge in [-0.15, -0.1) is 0 Å². The smallest absolute Gasteiger partial charge is 0.244 e. The molecule has 0 saturated heterocycles. The van der Waals surface area contributed by atoms with Crippen LogP contribution in [0.15, 0.2) is 58.1 Å². The number of nitrogens with one attached hydrogen (secondary N) is 1. The summed E-state index contributed by atoms with van der Waals surface area (Å²) >= 11 is 3.37. The summed E-state index contributed by atoms with van der Waals surface area (Å²) < 4.78 is 11.6. The molecule has 0 aromatic heterocycles. The van der Waals surface area contributed by atoms with Crippen LogP contribution in [0.25, 0.3) is 6.08 Å². The van der Waals surface area contributed by atoms with E-state index in [-0.39, 0.29) is 19.1 Å². The number of halogens is 1. The van der Waals surface area contributed by atoms with Gasteiger partial charge in [0, 0.05) is 4.47 Å². The maximum absolute atomic E-state index is 11.9. The zero-order chi connectivity index (χ0) is 17.6. The number of carbonyl (C=O) groups is 1. The second-order valence-corrected chi connectivity index (χ2v) is 6.45. The number of ether oxygens (including phenoxy) is 2. The Morgan fingerprint density at radius 3 is 2.76 bits per heavy atom. The molecule has 1 N–H and O–H groups in total. The van der Waals surface area contributed by atoms with Crippen molar-refractivity contribution in [2.24, 2.45) is 5.10 Å². The highest BCUT2D eigenvalue weighted by Gasteiger charge is 2.12. The SMILES string of the molecule is CC(/C=C/c1ccc2c(c1)OCO2)=N\NC(=O)Cc1ccc(Br)cc1. The molecule has 0 unspecified atom stereocenters. The fourth-order valence-corrected chi connectivity index (χ4v) is 2.51. The second kappa shape index (κ2) is 7.98. The largest absolute Gasteiger partial charge is 0.454 e. The lowest BCUT2D eigenvalue weighted by atomic mass is 10.1. The van der Waals surface area contributed by atoms with Crippen LogP contribution in [0.4, 0.5) is 0 Å². The Morgan fingerprint density at radius 1 is 1.20 bits per heavy atom. The van der Waals surface area contributed by atoms with Crippen molar-refractivity contribution < 1.29 is 14.3 Å². The van der Waals surface area contributed by atoms with Gasteiger partial charge in [-0.2, -0.15) is 5.10 Å². The number of fused-ring (bicyclic) bond motifs is 1. The Hall–Kier alpha value is -2.60. The number of benzene rings is 2. The summed E-state index contributed by atoms with van der Waals surface area (Å²) in [5.41, 5.74) is 5.17. The molecule has 3 rings (SSSR count). The molecule has 25 heavy (non-hydrogen) atoms. The van der Waals surface area contributed by atoms with E-state index in [1.165, 1.54) is 0 Å². The Labute approximate surface area is 154 Å². The minimum absolute atomic E-state index is 0.154. The summed E-state index contributed by atoms with van der Waals surface area (Å²) in [6.07, 6.45) is 4.02. The molecule has 1 heterocycles. The molecule has 1 aliphatic heterocycles. The molecule has 2 aromatic carbocycles. The molecule has 2 aromatic rings. The van der Waals surface area contributed by atoms with Crippen molar-refractivity contribution in [3.05, 3.63) is 64.1 Å². The predicted octanol–water partition coefficient (Wildman–Crippen LogP) is 3.93. The molecule has 1 aliphatic rings. The minimum Gasteiger partial charge on any atom is -0.454 e. The lowest BCUT2D eigenvalue weighted by Gasteiger charge is -2.02. The van der Waals surface area contributed by atoms with E-state index in [4.69, 9.17) is 9.47 Å². The van der Waals surface area contributed by atoms with Gasteiger partial charge >= 0.3 is 0 Å². The van der Waals surface area contributed by atoms with Crippen LogP contribution in [-0.4, -0.2) is 18.4 Å². The van der Waals surface area contributed by atoms with Gasteiger partial charge in [-0.1, -0.05) is 40.2 Å². The van der Waals surface area contributed by atoms with E-state index >= 15 is 0 Å². The van der Waals surface area contributed by atoms with Crippen molar-refractivity contribution in [2.45, 2.75) is 13.3 Å². The number of hydrogen-bond acceptors (Lipinski definition) is 4. The zero-order valence-electron chi connectivity index (χ0n) is 13.7. The number of carbonyl (C=O) groups excluding carboxylic acids is 1. The highest BCUT2D eigenvalue weighted by molar-refractivity contribution is 9.10. The minimum atomic E-state index is -0.154. The summed E-state index contributed by atoms with van der Waals surface area (Å²) in [5.74, 6) is 1.33. The van der Waals surface area contributed by atoms with E-state index in [1.54, 1.807) is 0 Å². The van der Waals surface area contributed by atoms with Crippen LogP contribution >= 0.6 is 15.9 Å². The number of nitrogens with zero attached hydrogens (tertiary/aromatic N) is 1. The molecule has 0 saturated carbocycles. The van der Waals surface area contributed by atoms with Gasteiger partial charge in [0.2, 0.25) is 12.7 Å². The molecule has 128 valence electrons. The number of hydrogen-bond donors (Lipinski definition) is 1. The maximum atomic E-state index is 11.9. The van der Waals surface area contributed by atoms with Crippen molar-refractivity contribution in [2.75, 3.05) is 6.79 Å². The number of hydrazone groups is 1. The summed E-state index contributed by atoms with van der Waals surface area (Å²) in [5, 5.41) is 4.09. The Morgan fingerprint density at radius 2 is 1.96 bits per heavy atom.